The lowest BCUT2D eigenvalue weighted by Crippen LogP contribution is -2.50. The van der Waals surface area contributed by atoms with Crippen molar-refractivity contribution in [2.75, 3.05) is 33.4 Å². The summed E-state index contributed by atoms with van der Waals surface area (Å²) in [6, 6.07) is 0. The number of rotatable bonds is 6. The summed E-state index contributed by atoms with van der Waals surface area (Å²) in [6.45, 7) is 8.22. The Hall–Kier alpha value is -0.810. The van der Waals surface area contributed by atoms with Crippen molar-refractivity contribution in [3.8, 4) is 0 Å². The molecule has 5 heteroatoms. The standard InChI is InChI=1S/C14H30N4O/c1-4-14(5-2)7-10-18(11-8-14)13(17-15)16-9-6-12-19-3/h4-12,15H2,1-3H3,(H,16,17). The van der Waals surface area contributed by atoms with Gasteiger partial charge in [-0.3, -0.25) is 10.4 Å². The first kappa shape index (κ1) is 16.2. The number of ether oxygens (including phenoxy) is 1. The van der Waals surface area contributed by atoms with Crippen LogP contribution in [0.3, 0.4) is 0 Å². The zero-order chi connectivity index (χ0) is 14.1. The Morgan fingerprint density at radius 3 is 2.42 bits per heavy atom. The maximum atomic E-state index is 5.60. The van der Waals surface area contributed by atoms with Crippen LogP contribution in [0.15, 0.2) is 4.99 Å². The second-order valence-electron chi connectivity index (χ2n) is 5.39. The van der Waals surface area contributed by atoms with Crippen molar-refractivity contribution in [1.29, 1.82) is 0 Å². The molecular weight excluding hydrogens is 240 g/mol. The largest absolute Gasteiger partial charge is 0.385 e. The molecule has 0 radical (unpaired) electrons. The van der Waals surface area contributed by atoms with Crippen LogP contribution >= 0.6 is 0 Å². The predicted octanol–water partition coefficient (Wildman–Crippen LogP) is 1.74. The molecule has 1 saturated heterocycles. The SMILES string of the molecule is CCC1(CC)CCN(C(=NCCCOC)NN)CC1. The average molecular weight is 270 g/mol. The molecule has 1 fully saturated rings. The fourth-order valence-corrected chi connectivity index (χ4v) is 2.78. The summed E-state index contributed by atoms with van der Waals surface area (Å²) in [5.41, 5.74) is 3.28. The van der Waals surface area contributed by atoms with E-state index in [0.717, 1.165) is 38.6 Å². The monoisotopic (exact) mass is 270 g/mol. The van der Waals surface area contributed by atoms with Gasteiger partial charge in [0.1, 0.15) is 0 Å². The first-order valence-electron chi connectivity index (χ1n) is 7.46. The summed E-state index contributed by atoms with van der Waals surface area (Å²) in [5, 5.41) is 0. The van der Waals surface area contributed by atoms with E-state index in [4.69, 9.17) is 10.6 Å². The lowest BCUT2D eigenvalue weighted by atomic mass is 9.74. The molecular formula is C14H30N4O. The lowest BCUT2D eigenvalue weighted by Gasteiger charge is -2.41. The van der Waals surface area contributed by atoms with E-state index < -0.39 is 0 Å². The van der Waals surface area contributed by atoms with Crippen molar-refractivity contribution in [2.45, 2.75) is 46.0 Å². The maximum absolute atomic E-state index is 5.60. The molecule has 0 aliphatic carbocycles. The molecule has 5 nitrogen and oxygen atoms in total. The molecule has 1 aliphatic rings. The molecule has 0 unspecified atom stereocenters. The fraction of sp³-hybridized carbons (Fsp3) is 0.929. The Morgan fingerprint density at radius 2 is 1.95 bits per heavy atom. The number of piperidine rings is 1. The van der Waals surface area contributed by atoms with Gasteiger partial charge in [-0.15, -0.1) is 0 Å². The number of guanidine groups is 1. The quantitative estimate of drug-likeness (QED) is 0.254. The van der Waals surface area contributed by atoms with Crippen LogP contribution in [0.25, 0.3) is 0 Å². The van der Waals surface area contributed by atoms with E-state index in [9.17, 15) is 0 Å². The third-order valence-electron chi connectivity index (χ3n) is 4.52. The molecule has 0 aromatic heterocycles. The van der Waals surface area contributed by atoms with Crippen LogP contribution in [0.1, 0.15) is 46.0 Å². The molecule has 0 spiro atoms. The van der Waals surface area contributed by atoms with Gasteiger partial charge in [-0.05, 0) is 24.7 Å². The highest BCUT2D eigenvalue weighted by Gasteiger charge is 2.32. The Kier molecular flexibility index (Phi) is 7.16. The summed E-state index contributed by atoms with van der Waals surface area (Å²) in [6.07, 6.45) is 5.95. The molecule has 1 rings (SSSR count). The molecule has 0 bridgehead atoms. The molecule has 0 aromatic carbocycles. The summed E-state index contributed by atoms with van der Waals surface area (Å²) in [7, 11) is 1.71. The fourth-order valence-electron chi connectivity index (χ4n) is 2.78. The van der Waals surface area contributed by atoms with E-state index in [1.54, 1.807) is 7.11 Å². The second-order valence-corrected chi connectivity index (χ2v) is 5.39. The van der Waals surface area contributed by atoms with Crippen molar-refractivity contribution in [1.82, 2.24) is 10.3 Å². The highest BCUT2D eigenvalue weighted by molar-refractivity contribution is 5.79. The van der Waals surface area contributed by atoms with Gasteiger partial charge in [0.2, 0.25) is 5.96 Å². The molecule has 0 atom stereocenters. The Balaban J connectivity index is 2.47. The van der Waals surface area contributed by atoms with Gasteiger partial charge in [-0.25, -0.2) is 5.84 Å². The van der Waals surface area contributed by atoms with Gasteiger partial charge >= 0.3 is 0 Å². The molecule has 0 amide bonds. The van der Waals surface area contributed by atoms with E-state index in [1.807, 2.05) is 0 Å². The maximum Gasteiger partial charge on any atom is 0.208 e. The number of methoxy groups -OCH3 is 1. The third-order valence-corrected chi connectivity index (χ3v) is 4.52. The zero-order valence-corrected chi connectivity index (χ0v) is 12.7. The van der Waals surface area contributed by atoms with Crippen molar-refractivity contribution < 1.29 is 4.74 Å². The number of hydrogen-bond donors (Lipinski definition) is 2. The van der Waals surface area contributed by atoms with Crippen LogP contribution < -0.4 is 11.3 Å². The minimum Gasteiger partial charge on any atom is -0.385 e. The van der Waals surface area contributed by atoms with Crippen molar-refractivity contribution >= 4 is 5.96 Å². The van der Waals surface area contributed by atoms with Gasteiger partial charge < -0.3 is 9.64 Å². The number of nitrogens with one attached hydrogen (secondary N) is 1. The minimum absolute atomic E-state index is 0.534. The first-order valence-corrected chi connectivity index (χ1v) is 7.46. The molecule has 0 saturated carbocycles. The summed E-state index contributed by atoms with van der Waals surface area (Å²) >= 11 is 0. The molecule has 1 heterocycles. The van der Waals surface area contributed by atoms with Crippen LogP contribution in [-0.4, -0.2) is 44.2 Å². The Bertz CT molecular complexity index is 267. The highest BCUT2D eigenvalue weighted by atomic mass is 16.5. The molecule has 19 heavy (non-hydrogen) atoms. The van der Waals surface area contributed by atoms with Gasteiger partial charge in [0.05, 0.1) is 0 Å². The highest BCUT2D eigenvalue weighted by Crippen LogP contribution is 2.37. The third kappa shape index (κ3) is 4.66. The van der Waals surface area contributed by atoms with E-state index in [2.05, 4.69) is 29.2 Å². The van der Waals surface area contributed by atoms with Crippen molar-refractivity contribution in [2.24, 2.45) is 16.3 Å². The molecule has 1 aliphatic heterocycles. The molecule has 112 valence electrons. The van der Waals surface area contributed by atoms with E-state index in [0.29, 0.717) is 5.41 Å². The Morgan fingerprint density at radius 1 is 1.32 bits per heavy atom. The van der Waals surface area contributed by atoms with Gasteiger partial charge in [0, 0.05) is 33.4 Å². The van der Waals surface area contributed by atoms with Crippen LogP contribution in [0.2, 0.25) is 0 Å². The van der Waals surface area contributed by atoms with Crippen molar-refractivity contribution in [3.05, 3.63) is 0 Å². The van der Waals surface area contributed by atoms with E-state index in [1.165, 1.54) is 25.7 Å². The normalized spacial score (nSPS) is 19.6. The predicted molar refractivity (Wildman–Crippen MR) is 79.9 cm³/mol. The number of nitrogens with zero attached hydrogens (tertiary/aromatic N) is 2. The number of likely N-dealkylation sites (tertiary alicyclic amines) is 1. The second kappa shape index (κ2) is 8.38. The molecule has 3 N–H and O–H groups in total. The van der Waals surface area contributed by atoms with E-state index >= 15 is 0 Å². The summed E-state index contributed by atoms with van der Waals surface area (Å²) in [5.74, 6) is 6.43. The van der Waals surface area contributed by atoms with E-state index in [-0.39, 0.29) is 0 Å². The van der Waals surface area contributed by atoms with Gasteiger partial charge in [0.15, 0.2) is 0 Å². The van der Waals surface area contributed by atoms with Gasteiger partial charge in [-0.1, -0.05) is 26.7 Å². The van der Waals surface area contributed by atoms with Gasteiger partial charge in [0.25, 0.3) is 0 Å². The topological polar surface area (TPSA) is 62.9 Å². The first-order chi connectivity index (χ1) is 9.21. The summed E-state index contributed by atoms with van der Waals surface area (Å²) in [4.78, 5) is 6.80. The average Bonchev–Trinajstić information content (AvgIpc) is 2.48. The Labute approximate surface area is 117 Å². The zero-order valence-electron chi connectivity index (χ0n) is 12.7. The number of aliphatic imine (C=N–C) groups is 1. The number of nitrogens with two attached hydrogens (primary N) is 1. The van der Waals surface area contributed by atoms with Crippen molar-refractivity contribution in [3.63, 3.8) is 0 Å². The van der Waals surface area contributed by atoms with Gasteiger partial charge in [-0.2, -0.15) is 0 Å². The lowest BCUT2D eigenvalue weighted by molar-refractivity contribution is 0.133. The number of hydrazine groups is 1. The minimum atomic E-state index is 0.534. The van der Waals surface area contributed by atoms with Crippen LogP contribution in [0.5, 0.6) is 0 Å². The smallest absolute Gasteiger partial charge is 0.208 e. The number of hydrogen-bond acceptors (Lipinski definition) is 3. The molecule has 0 aromatic rings. The summed E-state index contributed by atoms with van der Waals surface area (Å²) < 4.78 is 5.02. The van der Waals surface area contributed by atoms with Crippen LogP contribution in [0.4, 0.5) is 0 Å². The van der Waals surface area contributed by atoms with Crippen LogP contribution in [0, 0.1) is 5.41 Å². The van der Waals surface area contributed by atoms with Crippen LogP contribution in [-0.2, 0) is 4.74 Å².